The fourth-order valence-corrected chi connectivity index (χ4v) is 3.01. The SMILES string of the molecule is CC(C)C(NS(=O)(=O)c1cc(N)cc(F)c1F)C(N)=O. The predicted octanol–water partition coefficient (Wildman–Crippen LogP) is 0.335. The Morgan fingerprint density at radius 3 is 2.30 bits per heavy atom. The summed E-state index contributed by atoms with van der Waals surface area (Å²) in [4.78, 5) is 10.2. The Balaban J connectivity index is 3.27. The van der Waals surface area contributed by atoms with E-state index in [1.165, 1.54) is 0 Å². The second-order valence-electron chi connectivity index (χ2n) is 4.56. The Morgan fingerprint density at radius 2 is 1.85 bits per heavy atom. The van der Waals surface area contributed by atoms with Crippen LogP contribution in [0.25, 0.3) is 0 Å². The lowest BCUT2D eigenvalue weighted by Crippen LogP contribution is -2.47. The Hall–Kier alpha value is -1.74. The number of hydrogen-bond donors (Lipinski definition) is 3. The first-order valence-electron chi connectivity index (χ1n) is 5.62. The third-order valence-electron chi connectivity index (χ3n) is 2.56. The molecular weight excluding hydrogens is 292 g/mol. The molecule has 1 unspecified atom stereocenters. The van der Waals surface area contributed by atoms with Crippen molar-refractivity contribution in [1.82, 2.24) is 4.72 Å². The summed E-state index contributed by atoms with van der Waals surface area (Å²) in [7, 11) is -4.47. The number of anilines is 1. The Bertz CT molecular complexity index is 632. The van der Waals surface area contributed by atoms with Crippen molar-refractivity contribution in [3.8, 4) is 0 Å². The molecule has 0 saturated carbocycles. The van der Waals surface area contributed by atoms with Crippen molar-refractivity contribution in [2.45, 2.75) is 24.8 Å². The molecule has 5 N–H and O–H groups in total. The van der Waals surface area contributed by atoms with Gasteiger partial charge in [-0.25, -0.2) is 17.2 Å². The van der Waals surface area contributed by atoms with E-state index >= 15 is 0 Å². The van der Waals surface area contributed by atoms with Crippen molar-refractivity contribution >= 4 is 21.6 Å². The van der Waals surface area contributed by atoms with Crippen LogP contribution < -0.4 is 16.2 Å². The summed E-state index contributed by atoms with van der Waals surface area (Å²) in [5.41, 5.74) is 10.1. The molecule has 0 spiro atoms. The average molecular weight is 307 g/mol. The van der Waals surface area contributed by atoms with E-state index in [2.05, 4.69) is 0 Å². The normalized spacial score (nSPS) is 13.4. The lowest BCUT2D eigenvalue weighted by atomic mass is 10.1. The van der Waals surface area contributed by atoms with Gasteiger partial charge in [-0.2, -0.15) is 4.72 Å². The van der Waals surface area contributed by atoms with Crippen LogP contribution in [-0.2, 0) is 14.8 Å². The standard InChI is InChI=1S/C11H15F2N3O3S/c1-5(2)10(11(15)17)16-20(18,19)8-4-6(14)3-7(12)9(8)13/h3-5,10,16H,14H2,1-2H3,(H2,15,17). The maximum Gasteiger partial charge on any atom is 0.244 e. The van der Waals surface area contributed by atoms with Crippen molar-refractivity contribution in [3.63, 3.8) is 0 Å². The topological polar surface area (TPSA) is 115 Å². The molecule has 1 aromatic rings. The van der Waals surface area contributed by atoms with Gasteiger partial charge in [0.2, 0.25) is 15.9 Å². The highest BCUT2D eigenvalue weighted by Gasteiger charge is 2.29. The average Bonchev–Trinajstić information content (AvgIpc) is 2.30. The number of carbonyl (C=O) groups is 1. The number of primary amides is 1. The number of carbonyl (C=O) groups excluding carboxylic acids is 1. The molecule has 0 aliphatic carbocycles. The number of hydrogen-bond acceptors (Lipinski definition) is 4. The van der Waals surface area contributed by atoms with E-state index in [1.54, 1.807) is 13.8 Å². The Morgan fingerprint density at radius 1 is 1.30 bits per heavy atom. The molecule has 0 fully saturated rings. The van der Waals surface area contributed by atoms with Gasteiger partial charge in [-0.3, -0.25) is 4.79 Å². The molecule has 0 heterocycles. The van der Waals surface area contributed by atoms with E-state index in [0.717, 1.165) is 6.07 Å². The number of halogens is 2. The molecule has 0 aromatic heterocycles. The van der Waals surface area contributed by atoms with Crippen LogP contribution in [0, 0.1) is 17.6 Å². The van der Waals surface area contributed by atoms with Gasteiger partial charge >= 0.3 is 0 Å². The fraction of sp³-hybridized carbons (Fsp3) is 0.364. The molecule has 1 atom stereocenters. The second kappa shape index (κ2) is 5.71. The number of rotatable bonds is 5. The number of sulfonamides is 1. The van der Waals surface area contributed by atoms with E-state index in [9.17, 15) is 22.0 Å². The second-order valence-corrected chi connectivity index (χ2v) is 6.24. The zero-order chi connectivity index (χ0) is 15.7. The first-order chi connectivity index (χ1) is 9.06. The van der Waals surface area contributed by atoms with Crippen LogP contribution >= 0.6 is 0 Å². The van der Waals surface area contributed by atoms with Crippen LogP contribution in [0.1, 0.15) is 13.8 Å². The van der Waals surface area contributed by atoms with Gasteiger partial charge < -0.3 is 11.5 Å². The Kier molecular flexibility index (Phi) is 4.66. The fourth-order valence-electron chi connectivity index (χ4n) is 1.53. The van der Waals surface area contributed by atoms with E-state index in [0.29, 0.717) is 6.07 Å². The van der Waals surface area contributed by atoms with Crippen molar-refractivity contribution < 1.29 is 22.0 Å². The molecule has 1 amide bonds. The summed E-state index contributed by atoms with van der Waals surface area (Å²) >= 11 is 0. The van der Waals surface area contributed by atoms with E-state index in [-0.39, 0.29) is 5.69 Å². The quantitative estimate of drug-likeness (QED) is 0.680. The van der Waals surface area contributed by atoms with Crippen molar-refractivity contribution in [2.24, 2.45) is 11.7 Å². The van der Waals surface area contributed by atoms with Crippen molar-refractivity contribution in [2.75, 3.05) is 5.73 Å². The highest BCUT2D eigenvalue weighted by atomic mass is 32.2. The number of benzene rings is 1. The van der Waals surface area contributed by atoms with Crippen molar-refractivity contribution in [1.29, 1.82) is 0 Å². The van der Waals surface area contributed by atoms with Gasteiger partial charge in [0.25, 0.3) is 0 Å². The molecule has 0 radical (unpaired) electrons. The van der Waals surface area contributed by atoms with Crippen molar-refractivity contribution in [3.05, 3.63) is 23.8 Å². The van der Waals surface area contributed by atoms with E-state index in [4.69, 9.17) is 11.5 Å². The molecular formula is C11H15F2N3O3S. The number of nitrogens with one attached hydrogen (secondary N) is 1. The van der Waals surface area contributed by atoms with Crippen LogP contribution in [0.2, 0.25) is 0 Å². The third-order valence-corrected chi connectivity index (χ3v) is 4.00. The summed E-state index contributed by atoms with van der Waals surface area (Å²) in [6, 6.07) is 0.172. The van der Waals surface area contributed by atoms with Gasteiger partial charge in [-0.15, -0.1) is 0 Å². The third kappa shape index (κ3) is 3.42. The molecule has 0 bridgehead atoms. The summed E-state index contributed by atoms with van der Waals surface area (Å²) < 4.78 is 52.7. The minimum atomic E-state index is -4.47. The van der Waals surface area contributed by atoms with E-state index < -0.39 is 44.4 Å². The van der Waals surface area contributed by atoms with Gasteiger partial charge in [-0.05, 0) is 18.1 Å². The molecule has 112 valence electrons. The molecule has 1 aromatic carbocycles. The first kappa shape index (κ1) is 16.3. The maximum absolute atomic E-state index is 13.6. The Labute approximate surface area is 115 Å². The molecule has 0 saturated heterocycles. The highest BCUT2D eigenvalue weighted by molar-refractivity contribution is 7.89. The van der Waals surface area contributed by atoms with Gasteiger partial charge in [0, 0.05) is 5.69 Å². The highest BCUT2D eigenvalue weighted by Crippen LogP contribution is 2.21. The lowest BCUT2D eigenvalue weighted by Gasteiger charge is -2.19. The number of nitrogen functional groups attached to an aromatic ring is 1. The van der Waals surface area contributed by atoms with Gasteiger partial charge in [0.1, 0.15) is 10.9 Å². The van der Waals surface area contributed by atoms with E-state index in [1.807, 2.05) is 4.72 Å². The minimum absolute atomic E-state index is 0.260. The first-order valence-corrected chi connectivity index (χ1v) is 7.10. The zero-order valence-electron chi connectivity index (χ0n) is 10.9. The summed E-state index contributed by atoms with van der Waals surface area (Å²) in [6.45, 7) is 3.10. The molecule has 0 aliphatic heterocycles. The molecule has 20 heavy (non-hydrogen) atoms. The van der Waals surface area contributed by atoms with Crippen LogP contribution in [0.15, 0.2) is 17.0 Å². The number of nitrogens with two attached hydrogens (primary N) is 2. The number of amides is 1. The van der Waals surface area contributed by atoms with Crippen LogP contribution in [0.3, 0.4) is 0 Å². The van der Waals surface area contributed by atoms with Crippen LogP contribution in [-0.4, -0.2) is 20.4 Å². The van der Waals surface area contributed by atoms with Crippen LogP contribution in [0.5, 0.6) is 0 Å². The summed E-state index contributed by atoms with van der Waals surface area (Å²) in [6.07, 6.45) is 0. The van der Waals surface area contributed by atoms with Gasteiger partial charge in [-0.1, -0.05) is 13.8 Å². The largest absolute Gasteiger partial charge is 0.399 e. The molecule has 6 nitrogen and oxygen atoms in total. The molecule has 0 aliphatic rings. The zero-order valence-corrected chi connectivity index (χ0v) is 11.7. The maximum atomic E-state index is 13.6. The predicted molar refractivity (Wildman–Crippen MR) is 68.9 cm³/mol. The molecule has 1 rings (SSSR count). The summed E-state index contributed by atoms with van der Waals surface area (Å²) in [5, 5.41) is 0. The monoisotopic (exact) mass is 307 g/mol. The summed E-state index contributed by atoms with van der Waals surface area (Å²) in [5.74, 6) is -4.35. The van der Waals surface area contributed by atoms with Gasteiger partial charge in [0.05, 0.1) is 0 Å². The smallest absolute Gasteiger partial charge is 0.244 e. The van der Waals surface area contributed by atoms with Crippen LogP contribution in [0.4, 0.5) is 14.5 Å². The van der Waals surface area contributed by atoms with Gasteiger partial charge in [0.15, 0.2) is 11.6 Å². The lowest BCUT2D eigenvalue weighted by molar-refractivity contribution is -0.120. The minimum Gasteiger partial charge on any atom is -0.399 e. The molecule has 9 heteroatoms.